The molecule has 0 amide bonds. The number of nitrogens with zero attached hydrogens (tertiary/aromatic N) is 2. The summed E-state index contributed by atoms with van der Waals surface area (Å²) in [5.74, 6) is 6.35. The van der Waals surface area contributed by atoms with Gasteiger partial charge in [0.1, 0.15) is 5.82 Å². The van der Waals surface area contributed by atoms with Gasteiger partial charge in [0.2, 0.25) is 0 Å². The van der Waals surface area contributed by atoms with Crippen LogP contribution in [0.5, 0.6) is 0 Å². The van der Waals surface area contributed by atoms with E-state index in [1.165, 1.54) is 12.8 Å². The van der Waals surface area contributed by atoms with E-state index in [1.54, 1.807) is 0 Å². The van der Waals surface area contributed by atoms with Gasteiger partial charge >= 0.3 is 0 Å². The van der Waals surface area contributed by atoms with Gasteiger partial charge in [-0.15, -0.1) is 0 Å². The molecule has 0 saturated carbocycles. The average molecular weight is 286 g/mol. The number of nitrogens with one attached hydrogen (secondary N) is 1. The molecule has 0 spiro atoms. The van der Waals surface area contributed by atoms with Gasteiger partial charge in [0.05, 0.1) is 12.1 Å². The summed E-state index contributed by atoms with van der Waals surface area (Å²) in [4.78, 5) is 6.91. The Morgan fingerprint density at radius 2 is 2.19 bits per heavy atom. The van der Waals surface area contributed by atoms with E-state index in [4.69, 9.17) is 5.84 Å². The van der Waals surface area contributed by atoms with Crippen LogP contribution in [-0.2, 0) is 6.54 Å². The van der Waals surface area contributed by atoms with Crippen molar-refractivity contribution >= 4 is 16.7 Å². The van der Waals surface area contributed by atoms with E-state index < -0.39 is 0 Å². The largest absolute Gasteiger partial charge is 0.395 e. The zero-order valence-electron chi connectivity index (χ0n) is 12.1. The third kappa shape index (κ3) is 3.00. The number of aliphatic hydroxyl groups excluding tert-OH is 1. The molecule has 5 nitrogen and oxygen atoms in total. The molecule has 5 heteroatoms. The predicted molar refractivity (Wildman–Crippen MR) is 84.7 cm³/mol. The molecule has 112 valence electrons. The lowest BCUT2D eigenvalue weighted by atomic mass is 10.0. The van der Waals surface area contributed by atoms with Crippen molar-refractivity contribution in [3.05, 3.63) is 35.9 Å². The number of nitrogen functional groups attached to an aromatic ring is 1. The van der Waals surface area contributed by atoms with Crippen molar-refractivity contribution in [3.63, 3.8) is 0 Å². The molecule has 1 unspecified atom stereocenters. The normalized spacial score (nSPS) is 19.8. The van der Waals surface area contributed by atoms with Crippen molar-refractivity contribution in [3.8, 4) is 0 Å². The summed E-state index contributed by atoms with van der Waals surface area (Å²) in [6, 6.07) is 10.4. The number of para-hydroxylation sites is 1. The number of nitrogens with two attached hydrogens (primary N) is 1. The van der Waals surface area contributed by atoms with E-state index in [1.807, 2.05) is 18.2 Å². The van der Waals surface area contributed by atoms with E-state index in [0.717, 1.165) is 41.8 Å². The summed E-state index contributed by atoms with van der Waals surface area (Å²) < 4.78 is 0. The highest BCUT2D eigenvalue weighted by atomic mass is 16.3. The first-order chi connectivity index (χ1) is 10.3. The Labute approximate surface area is 124 Å². The number of hydrazine groups is 1. The number of rotatable bonds is 4. The van der Waals surface area contributed by atoms with Crippen LogP contribution in [0.25, 0.3) is 10.9 Å². The molecule has 1 aliphatic heterocycles. The standard InChI is InChI=1S/C16H22N4O/c17-19-16-13(9-12-5-1-2-7-15(12)18-16)10-20-8-4-3-6-14(20)11-21/h1-2,5,7,9,14,21H,3-4,6,8,10-11,17H2,(H,18,19). The molecule has 0 aliphatic carbocycles. The average Bonchev–Trinajstić information content (AvgIpc) is 2.54. The second kappa shape index (κ2) is 6.39. The van der Waals surface area contributed by atoms with E-state index >= 15 is 0 Å². The maximum absolute atomic E-state index is 9.54. The number of piperidine rings is 1. The molecule has 4 N–H and O–H groups in total. The number of fused-ring (bicyclic) bond motifs is 1. The lowest BCUT2D eigenvalue weighted by molar-refractivity contribution is 0.0842. The van der Waals surface area contributed by atoms with Crippen LogP contribution in [0.1, 0.15) is 24.8 Å². The number of hydrogen-bond acceptors (Lipinski definition) is 5. The minimum Gasteiger partial charge on any atom is -0.395 e. The summed E-state index contributed by atoms with van der Waals surface area (Å²) in [5.41, 5.74) is 4.73. The van der Waals surface area contributed by atoms with Crippen LogP contribution >= 0.6 is 0 Å². The second-order valence-corrected chi connectivity index (χ2v) is 5.64. The Balaban J connectivity index is 1.91. The lowest BCUT2D eigenvalue weighted by Gasteiger charge is -2.34. The molecular formula is C16H22N4O. The van der Waals surface area contributed by atoms with Crippen molar-refractivity contribution in [1.29, 1.82) is 0 Å². The molecule has 21 heavy (non-hydrogen) atoms. The number of benzene rings is 1. The summed E-state index contributed by atoms with van der Waals surface area (Å²) >= 11 is 0. The van der Waals surface area contributed by atoms with Gasteiger partial charge < -0.3 is 10.5 Å². The number of anilines is 1. The quantitative estimate of drug-likeness (QED) is 0.591. The zero-order valence-corrected chi connectivity index (χ0v) is 12.1. The molecule has 2 heterocycles. The van der Waals surface area contributed by atoms with E-state index in [-0.39, 0.29) is 12.6 Å². The van der Waals surface area contributed by atoms with E-state index in [9.17, 15) is 5.11 Å². The third-order valence-corrected chi connectivity index (χ3v) is 4.27. The number of hydrogen-bond donors (Lipinski definition) is 3. The van der Waals surface area contributed by atoms with Crippen molar-refractivity contribution in [2.45, 2.75) is 31.8 Å². The van der Waals surface area contributed by atoms with E-state index in [0.29, 0.717) is 0 Å². The van der Waals surface area contributed by atoms with Crippen molar-refractivity contribution in [1.82, 2.24) is 9.88 Å². The van der Waals surface area contributed by atoms with Crippen LogP contribution < -0.4 is 11.3 Å². The van der Waals surface area contributed by atoms with Gasteiger partial charge in [-0.2, -0.15) is 0 Å². The molecule has 3 rings (SSSR count). The van der Waals surface area contributed by atoms with E-state index in [2.05, 4.69) is 27.4 Å². The molecule has 0 bridgehead atoms. The van der Waals surface area contributed by atoms with Gasteiger partial charge in [0, 0.05) is 23.5 Å². The molecule has 0 radical (unpaired) electrons. The maximum Gasteiger partial charge on any atom is 0.145 e. The van der Waals surface area contributed by atoms with Crippen LogP contribution in [0.2, 0.25) is 0 Å². The second-order valence-electron chi connectivity index (χ2n) is 5.64. The number of aliphatic hydroxyl groups is 1. The molecular weight excluding hydrogens is 264 g/mol. The zero-order chi connectivity index (χ0) is 14.7. The summed E-state index contributed by atoms with van der Waals surface area (Å²) in [6.45, 7) is 2.00. The monoisotopic (exact) mass is 286 g/mol. The van der Waals surface area contributed by atoms with Crippen LogP contribution in [-0.4, -0.2) is 34.2 Å². The van der Waals surface area contributed by atoms with Gasteiger partial charge in [-0.25, -0.2) is 10.8 Å². The Morgan fingerprint density at radius 3 is 3.00 bits per heavy atom. The van der Waals surface area contributed by atoms with Crippen LogP contribution in [0.15, 0.2) is 30.3 Å². The Morgan fingerprint density at radius 1 is 1.33 bits per heavy atom. The number of likely N-dealkylation sites (tertiary alicyclic amines) is 1. The number of aromatic nitrogens is 1. The first-order valence-electron chi connectivity index (χ1n) is 7.52. The fourth-order valence-electron chi connectivity index (χ4n) is 3.10. The lowest BCUT2D eigenvalue weighted by Crippen LogP contribution is -2.41. The van der Waals surface area contributed by atoms with Crippen molar-refractivity contribution in [2.24, 2.45) is 5.84 Å². The summed E-state index contributed by atoms with van der Waals surface area (Å²) in [6.07, 6.45) is 3.44. The molecule has 1 aliphatic rings. The third-order valence-electron chi connectivity index (χ3n) is 4.27. The minimum absolute atomic E-state index is 0.215. The molecule has 2 aromatic rings. The molecule has 1 fully saturated rings. The molecule has 1 atom stereocenters. The SMILES string of the molecule is NNc1nc2ccccc2cc1CN1CCCCC1CO. The Kier molecular flexibility index (Phi) is 4.34. The van der Waals surface area contributed by atoms with Crippen molar-refractivity contribution in [2.75, 3.05) is 18.6 Å². The van der Waals surface area contributed by atoms with Crippen LogP contribution in [0.4, 0.5) is 5.82 Å². The summed E-state index contributed by atoms with van der Waals surface area (Å²) in [7, 11) is 0. The van der Waals surface area contributed by atoms with Crippen LogP contribution in [0.3, 0.4) is 0 Å². The number of pyridine rings is 1. The molecule has 1 saturated heterocycles. The maximum atomic E-state index is 9.54. The highest BCUT2D eigenvalue weighted by Crippen LogP contribution is 2.24. The van der Waals surface area contributed by atoms with Gasteiger partial charge in [0.15, 0.2) is 0 Å². The highest BCUT2D eigenvalue weighted by molar-refractivity contribution is 5.81. The fourth-order valence-corrected chi connectivity index (χ4v) is 3.10. The Hall–Kier alpha value is -1.69. The van der Waals surface area contributed by atoms with Gasteiger partial charge in [-0.3, -0.25) is 4.90 Å². The minimum atomic E-state index is 0.215. The summed E-state index contributed by atoms with van der Waals surface area (Å²) in [5, 5.41) is 10.7. The first-order valence-corrected chi connectivity index (χ1v) is 7.52. The molecule has 1 aromatic heterocycles. The first kappa shape index (κ1) is 14.3. The Bertz CT molecular complexity index is 616. The van der Waals surface area contributed by atoms with Gasteiger partial charge in [-0.1, -0.05) is 24.6 Å². The predicted octanol–water partition coefficient (Wildman–Crippen LogP) is 1.87. The highest BCUT2D eigenvalue weighted by Gasteiger charge is 2.22. The topological polar surface area (TPSA) is 74.4 Å². The van der Waals surface area contributed by atoms with Gasteiger partial charge in [0.25, 0.3) is 0 Å². The molecule has 1 aromatic carbocycles. The van der Waals surface area contributed by atoms with Crippen LogP contribution in [0, 0.1) is 0 Å². The van der Waals surface area contributed by atoms with Crippen molar-refractivity contribution < 1.29 is 5.11 Å². The van der Waals surface area contributed by atoms with Gasteiger partial charge in [-0.05, 0) is 31.5 Å². The fraction of sp³-hybridized carbons (Fsp3) is 0.438. The smallest absolute Gasteiger partial charge is 0.145 e.